The first-order valence-corrected chi connectivity index (χ1v) is 18.1. The molecule has 1 rings (SSSR count). The number of hydrogen-bond donors (Lipinski definition) is 2. The predicted octanol–water partition coefficient (Wildman–Crippen LogP) is 4.80. The minimum absolute atomic E-state index is 0.118. The fourth-order valence-corrected chi connectivity index (χ4v) is 6.48. The van der Waals surface area contributed by atoms with E-state index in [1.54, 1.807) is 32.5 Å². The summed E-state index contributed by atoms with van der Waals surface area (Å²) in [7, 11) is 2.99. The van der Waals surface area contributed by atoms with Crippen LogP contribution >= 0.6 is 33.3 Å². The Morgan fingerprint density at radius 2 is 1.52 bits per heavy atom. The van der Waals surface area contributed by atoms with Crippen molar-refractivity contribution in [2.45, 2.75) is 66.1 Å². The van der Waals surface area contributed by atoms with E-state index in [1.165, 1.54) is 35.4 Å². The highest BCUT2D eigenvalue weighted by Gasteiger charge is 2.23. The molecular weight excluding hydrogens is 633 g/mol. The van der Waals surface area contributed by atoms with Crippen LogP contribution in [0, 0.1) is 11.8 Å². The van der Waals surface area contributed by atoms with E-state index in [4.69, 9.17) is 18.9 Å². The number of alkyl carbamates (subject to hydrolysis) is 1. The lowest BCUT2D eigenvalue weighted by atomic mass is 10.0. The van der Waals surface area contributed by atoms with Gasteiger partial charge < -0.3 is 34.3 Å². The van der Waals surface area contributed by atoms with Crippen LogP contribution in [0.1, 0.15) is 46.6 Å². The van der Waals surface area contributed by atoms with Gasteiger partial charge in [0, 0.05) is 31.4 Å². The number of carbonyl (C=O) groups excluding carboxylic acids is 5. The molecule has 12 nitrogen and oxygen atoms in total. The number of thioether (sulfide) groups is 1. The normalized spacial score (nSPS) is 13.5. The fourth-order valence-electron chi connectivity index (χ4n) is 3.36. The van der Waals surface area contributed by atoms with Crippen molar-refractivity contribution in [2.24, 2.45) is 11.8 Å². The van der Waals surface area contributed by atoms with E-state index in [1.807, 2.05) is 36.6 Å². The zero-order valence-electron chi connectivity index (χ0n) is 26.0. The molecule has 0 bridgehead atoms. The number of rotatable bonds is 20. The first-order chi connectivity index (χ1) is 20.9. The van der Waals surface area contributed by atoms with E-state index >= 15 is 0 Å². The van der Waals surface area contributed by atoms with Crippen molar-refractivity contribution in [3.63, 3.8) is 0 Å². The van der Waals surface area contributed by atoms with Gasteiger partial charge >= 0.3 is 24.2 Å². The quantitative estimate of drug-likeness (QED) is 0.0639. The molecule has 0 aliphatic carbocycles. The molecule has 0 spiro atoms. The molecule has 0 fully saturated rings. The Labute approximate surface area is 271 Å². The van der Waals surface area contributed by atoms with E-state index in [0.29, 0.717) is 24.3 Å². The maximum atomic E-state index is 13.1. The van der Waals surface area contributed by atoms with Gasteiger partial charge in [-0.25, -0.2) is 9.59 Å². The average Bonchev–Trinajstić information content (AvgIpc) is 2.96. The van der Waals surface area contributed by atoms with Crippen LogP contribution in [-0.2, 0) is 44.5 Å². The van der Waals surface area contributed by atoms with E-state index < -0.39 is 49.2 Å². The Balaban J connectivity index is 2.67. The molecule has 2 unspecified atom stereocenters. The van der Waals surface area contributed by atoms with Crippen LogP contribution < -0.4 is 10.6 Å². The molecule has 1 aromatic rings. The zero-order valence-corrected chi connectivity index (χ0v) is 28.5. The van der Waals surface area contributed by atoms with Crippen LogP contribution in [0.15, 0.2) is 30.3 Å². The van der Waals surface area contributed by atoms with Gasteiger partial charge in [0.15, 0.2) is 0 Å². The highest BCUT2D eigenvalue weighted by Crippen LogP contribution is 2.27. The van der Waals surface area contributed by atoms with Crippen molar-refractivity contribution in [3.8, 4) is 0 Å². The van der Waals surface area contributed by atoms with Gasteiger partial charge in [-0.3, -0.25) is 14.4 Å². The lowest BCUT2D eigenvalue weighted by Gasteiger charge is -2.21. The Bertz CT molecular complexity index is 1030. The van der Waals surface area contributed by atoms with Gasteiger partial charge in [0.2, 0.25) is 18.5 Å². The molecule has 0 saturated heterocycles. The second kappa shape index (κ2) is 22.7. The Kier molecular flexibility index (Phi) is 20.2. The average molecular weight is 677 g/mol. The number of ether oxygens (including phenoxy) is 5. The van der Waals surface area contributed by atoms with Crippen molar-refractivity contribution in [2.75, 3.05) is 36.7 Å². The molecule has 0 heterocycles. The van der Waals surface area contributed by atoms with Crippen LogP contribution in [0.4, 0.5) is 9.59 Å². The van der Waals surface area contributed by atoms with Gasteiger partial charge in [-0.05, 0) is 37.3 Å². The first-order valence-electron chi connectivity index (χ1n) is 14.2. The second-order valence-electron chi connectivity index (χ2n) is 9.72. The number of benzene rings is 1. The molecule has 2 N–H and O–H groups in total. The highest BCUT2D eigenvalue weighted by molar-refractivity contribution is 8.76. The molecule has 15 heteroatoms. The summed E-state index contributed by atoms with van der Waals surface area (Å²) in [5.41, 5.74) is 0.965. The van der Waals surface area contributed by atoms with Crippen LogP contribution in [-0.4, -0.2) is 85.4 Å². The summed E-state index contributed by atoms with van der Waals surface area (Å²) in [6.45, 7) is 7.57. The maximum absolute atomic E-state index is 13.1. The number of hydrogen-bond acceptors (Lipinski definition) is 13. The highest BCUT2D eigenvalue weighted by atomic mass is 33.1. The Morgan fingerprint density at radius 1 is 0.864 bits per heavy atom. The number of esters is 2. The molecule has 0 saturated carbocycles. The fraction of sp³-hybridized carbons (Fsp3) is 0.621. The predicted molar refractivity (Wildman–Crippen MR) is 172 cm³/mol. The van der Waals surface area contributed by atoms with Gasteiger partial charge in [0.1, 0.15) is 6.54 Å². The smallest absolute Gasteiger partial charge is 0.435 e. The topological polar surface area (TPSA) is 156 Å². The maximum Gasteiger partial charge on any atom is 0.511 e. The van der Waals surface area contributed by atoms with Gasteiger partial charge in [0.25, 0.3) is 0 Å². The molecule has 0 radical (unpaired) electrons. The van der Waals surface area contributed by atoms with Gasteiger partial charge in [-0.15, -0.1) is 0 Å². The van der Waals surface area contributed by atoms with Crippen LogP contribution in [0.5, 0.6) is 0 Å². The summed E-state index contributed by atoms with van der Waals surface area (Å²) >= 11 is 1.65. The molecule has 44 heavy (non-hydrogen) atoms. The van der Waals surface area contributed by atoms with Crippen molar-refractivity contribution < 1.29 is 47.7 Å². The van der Waals surface area contributed by atoms with Crippen molar-refractivity contribution >= 4 is 63.4 Å². The molecule has 0 aliphatic rings. The van der Waals surface area contributed by atoms with Gasteiger partial charge in [0.05, 0.1) is 18.4 Å². The molecular formula is C29H44N2O10S3. The molecule has 2 amide bonds. The summed E-state index contributed by atoms with van der Waals surface area (Å²) < 4.78 is 24.7. The van der Waals surface area contributed by atoms with Crippen molar-refractivity contribution in [3.05, 3.63) is 35.9 Å². The standard InChI is InChI=1S/C29H44N2O10S3/c1-7-37-29(36)41-20(4)38-25(32)16-30-26(33)23(15-22-11-9-8-10-12-22)17-43-44-18-24(13-14-42-6)31-28(35)40-21(5)39-27(34)19(2)3/h8-12,19-21,23-24H,7,13-18H2,1-6H3,(H,30,33)(H,31,35)/t20?,21?,23-,24+/m1/s1. The summed E-state index contributed by atoms with van der Waals surface area (Å²) in [5.74, 6) is -0.561. The molecule has 1 aromatic carbocycles. The van der Waals surface area contributed by atoms with E-state index in [-0.39, 0.29) is 24.5 Å². The molecule has 248 valence electrons. The minimum Gasteiger partial charge on any atom is -0.435 e. The lowest BCUT2D eigenvalue weighted by molar-refractivity contribution is -0.169. The van der Waals surface area contributed by atoms with Crippen LogP contribution in [0.3, 0.4) is 0 Å². The van der Waals surface area contributed by atoms with Crippen LogP contribution in [0.25, 0.3) is 0 Å². The SMILES string of the molecule is CCOC(=O)OC(C)OC(=O)CNC(=O)[C@@H](CSSC[C@H](CCSC)NC(=O)OC(C)OC(=O)C(C)C)Cc1ccccc1. The zero-order chi connectivity index (χ0) is 32.9. The Morgan fingerprint density at radius 3 is 2.16 bits per heavy atom. The van der Waals surface area contributed by atoms with Gasteiger partial charge in [-0.1, -0.05) is 65.8 Å². The van der Waals surface area contributed by atoms with Crippen LogP contribution in [0.2, 0.25) is 0 Å². The summed E-state index contributed by atoms with van der Waals surface area (Å²) in [6.07, 6.45) is -0.713. The summed E-state index contributed by atoms with van der Waals surface area (Å²) in [6, 6.07) is 9.30. The largest absolute Gasteiger partial charge is 0.511 e. The third-order valence-corrected chi connectivity index (χ3v) is 8.77. The van der Waals surface area contributed by atoms with Crippen molar-refractivity contribution in [1.29, 1.82) is 0 Å². The van der Waals surface area contributed by atoms with Crippen molar-refractivity contribution in [1.82, 2.24) is 10.6 Å². The summed E-state index contributed by atoms with van der Waals surface area (Å²) in [5, 5.41) is 5.44. The third kappa shape index (κ3) is 18.1. The van der Waals surface area contributed by atoms with E-state index in [0.717, 1.165) is 11.3 Å². The number of nitrogens with one attached hydrogen (secondary N) is 2. The second-order valence-corrected chi connectivity index (χ2v) is 13.3. The molecule has 4 atom stereocenters. The Hall–Kier alpha value is -2.78. The molecule has 0 aromatic heterocycles. The molecule has 0 aliphatic heterocycles. The minimum atomic E-state index is -1.17. The first kappa shape index (κ1) is 39.2. The monoisotopic (exact) mass is 676 g/mol. The number of carbonyl (C=O) groups is 5. The van der Waals surface area contributed by atoms with E-state index in [9.17, 15) is 24.0 Å². The third-order valence-electron chi connectivity index (χ3n) is 5.57. The summed E-state index contributed by atoms with van der Waals surface area (Å²) in [4.78, 5) is 60.8. The number of amides is 2. The van der Waals surface area contributed by atoms with E-state index in [2.05, 4.69) is 15.4 Å². The lowest BCUT2D eigenvalue weighted by Crippen LogP contribution is -2.39. The van der Waals surface area contributed by atoms with Gasteiger partial charge in [-0.2, -0.15) is 11.8 Å².